The SMILES string of the molecule is COc1cc(NS(C)(=O)=O)ccc1Nc1nc2n(c1[N+](=O)[O-])CCS2. The van der Waals surface area contributed by atoms with Crippen LogP contribution < -0.4 is 14.8 Å². The van der Waals surface area contributed by atoms with E-state index in [1.807, 2.05) is 0 Å². The molecule has 0 saturated heterocycles. The number of anilines is 3. The third kappa shape index (κ3) is 3.64. The summed E-state index contributed by atoms with van der Waals surface area (Å²) in [6.45, 7) is 0.527. The molecule has 2 N–H and O–H groups in total. The summed E-state index contributed by atoms with van der Waals surface area (Å²) in [5.74, 6) is 1.08. The molecule has 1 aliphatic heterocycles. The number of hydrogen-bond acceptors (Lipinski definition) is 8. The molecular weight excluding hydrogens is 370 g/mol. The minimum Gasteiger partial charge on any atom is -0.494 e. The van der Waals surface area contributed by atoms with E-state index in [0.29, 0.717) is 28.8 Å². The van der Waals surface area contributed by atoms with Gasteiger partial charge in [-0.25, -0.2) is 8.42 Å². The van der Waals surface area contributed by atoms with Gasteiger partial charge in [0.1, 0.15) is 12.3 Å². The quantitative estimate of drug-likeness (QED) is 0.571. The van der Waals surface area contributed by atoms with E-state index in [1.54, 1.807) is 10.6 Å². The van der Waals surface area contributed by atoms with E-state index in [2.05, 4.69) is 15.0 Å². The molecule has 0 aliphatic carbocycles. The van der Waals surface area contributed by atoms with Gasteiger partial charge in [-0.2, -0.15) is 9.55 Å². The summed E-state index contributed by atoms with van der Waals surface area (Å²) < 4.78 is 31.8. The first-order chi connectivity index (χ1) is 11.8. The lowest BCUT2D eigenvalue weighted by molar-refractivity contribution is -0.391. The average molecular weight is 385 g/mol. The fourth-order valence-electron chi connectivity index (χ4n) is 2.43. The second-order valence-electron chi connectivity index (χ2n) is 5.24. The minimum absolute atomic E-state index is 0.111. The molecule has 1 aromatic heterocycles. The van der Waals surface area contributed by atoms with Gasteiger partial charge in [-0.15, -0.1) is 0 Å². The van der Waals surface area contributed by atoms with Gasteiger partial charge in [0.25, 0.3) is 5.16 Å². The highest BCUT2D eigenvalue weighted by molar-refractivity contribution is 7.99. The van der Waals surface area contributed by atoms with Crippen molar-refractivity contribution in [3.63, 3.8) is 0 Å². The lowest BCUT2D eigenvalue weighted by atomic mass is 10.2. The van der Waals surface area contributed by atoms with Crippen LogP contribution in [-0.2, 0) is 16.6 Å². The molecule has 3 rings (SSSR count). The summed E-state index contributed by atoms with van der Waals surface area (Å²) in [6, 6.07) is 4.57. The zero-order valence-corrected chi connectivity index (χ0v) is 15.0. The number of nitrogens with zero attached hydrogens (tertiary/aromatic N) is 3. The predicted octanol–water partition coefficient (Wildman–Crippen LogP) is 2.02. The Hall–Kier alpha value is -2.47. The molecule has 2 aromatic rings. The Morgan fingerprint density at radius 2 is 2.20 bits per heavy atom. The molecule has 0 spiro atoms. The Balaban J connectivity index is 1.95. The molecule has 0 fully saturated rings. The molecule has 1 aliphatic rings. The topological polar surface area (TPSA) is 128 Å². The van der Waals surface area contributed by atoms with Gasteiger partial charge >= 0.3 is 5.82 Å². The van der Waals surface area contributed by atoms with Gasteiger partial charge < -0.3 is 20.2 Å². The van der Waals surface area contributed by atoms with Gasteiger partial charge in [0.2, 0.25) is 15.8 Å². The number of rotatable bonds is 6. The van der Waals surface area contributed by atoms with Gasteiger partial charge in [-0.1, -0.05) is 11.8 Å². The predicted molar refractivity (Wildman–Crippen MR) is 94.3 cm³/mol. The largest absolute Gasteiger partial charge is 0.494 e. The third-order valence-electron chi connectivity index (χ3n) is 3.38. The van der Waals surface area contributed by atoms with Crippen LogP contribution in [0.2, 0.25) is 0 Å². The van der Waals surface area contributed by atoms with Crippen molar-refractivity contribution in [3.05, 3.63) is 28.3 Å². The van der Waals surface area contributed by atoms with Crippen LogP contribution in [0, 0.1) is 10.1 Å². The van der Waals surface area contributed by atoms with Crippen LogP contribution in [0.25, 0.3) is 0 Å². The van der Waals surface area contributed by atoms with E-state index >= 15 is 0 Å². The number of hydrogen-bond donors (Lipinski definition) is 2. The fourth-order valence-corrected chi connectivity index (χ4v) is 3.93. The first kappa shape index (κ1) is 17.4. The van der Waals surface area contributed by atoms with Crippen LogP contribution in [0.4, 0.5) is 23.0 Å². The molecule has 25 heavy (non-hydrogen) atoms. The fraction of sp³-hybridized carbons (Fsp3) is 0.308. The summed E-state index contributed by atoms with van der Waals surface area (Å²) in [7, 11) is -2.00. The average Bonchev–Trinajstić information content (AvgIpc) is 3.07. The number of benzene rings is 1. The van der Waals surface area contributed by atoms with E-state index in [0.717, 1.165) is 12.0 Å². The number of nitro groups is 1. The first-order valence-electron chi connectivity index (χ1n) is 7.09. The first-order valence-corrected chi connectivity index (χ1v) is 9.97. The van der Waals surface area contributed by atoms with Gasteiger partial charge in [-0.3, -0.25) is 4.72 Å². The molecule has 0 unspecified atom stereocenters. The van der Waals surface area contributed by atoms with Crippen LogP contribution >= 0.6 is 11.8 Å². The Morgan fingerprint density at radius 3 is 2.84 bits per heavy atom. The number of imidazole rings is 1. The molecule has 2 heterocycles. The third-order valence-corrected chi connectivity index (χ3v) is 4.95. The molecule has 134 valence electrons. The van der Waals surface area contributed by atoms with E-state index in [1.165, 1.54) is 31.0 Å². The van der Waals surface area contributed by atoms with Crippen molar-refractivity contribution in [1.82, 2.24) is 9.55 Å². The van der Waals surface area contributed by atoms with E-state index < -0.39 is 14.9 Å². The Kier molecular flexibility index (Phi) is 4.47. The number of methoxy groups -OCH3 is 1. The molecule has 12 heteroatoms. The van der Waals surface area contributed by atoms with Gasteiger partial charge in [0.05, 0.1) is 24.7 Å². The lowest BCUT2D eigenvalue weighted by Gasteiger charge is -2.12. The van der Waals surface area contributed by atoms with Gasteiger partial charge in [0, 0.05) is 11.8 Å². The molecule has 0 bridgehead atoms. The molecule has 0 saturated carbocycles. The smallest absolute Gasteiger partial charge is 0.368 e. The Bertz CT molecular complexity index is 941. The van der Waals surface area contributed by atoms with Crippen LogP contribution in [0.1, 0.15) is 0 Å². The van der Waals surface area contributed by atoms with Crippen molar-refractivity contribution in [2.24, 2.45) is 0 Å². The molecule has 0 atom stereocenters. The second kappa shape index (κ2) is 6.44. The van der Waals surface area contributed by atoms with Crippen LogP contribution in [-0.4, -0.2) is 42.0 Å². The molecule has 1 aromatic carbocycles. The molecular formula is C13H15N5O5S2. The highest BCUT2D eigenvalue weighted by atomic mass is 32.2. The van der Waals surface area contributed by atoms with Crippen LogP contribution in [0.5, 0.6) is 5.75 Å². The normalized spacial score (nSPS) is 13.4. The van der Waals surface area contributed by atoms with Gasteiger partial charge in [-0.05, 0) is 17.1 Å². The number of sulfonamides is 1. The standard InChI is InChI=1S/C13H15N5O5S2/c1-23-10-7-8(16-25(2,21)22)3-4-9(10)14-11-12(18(19)20)17-5-6-24-13(17)15-11/h3-4,7,14,16H,5-6H2,1-2H3. The number of aromatic nitrogens is 2. The summed E-state index contributed by atoms with van der Waals surface area (Å²) in [6.07, 6.45) is 1.04. The highest BCUT2D eigenvalue weighted by Crippen LogP contribution is 2.38. The monoisotopic (exact) mass is 385 g/mol. The van der Waals surface area contributed by atoms with Crippen molar-refractivity contribution < 1.29 is 18.1 Å². The zero-order valence-electron chi connectivity index (χ0n) is 13.3. The number of fused-ring (bicyclic) bond motifs is 1. The van der Waals surface area contributed by atoms with Crippen molar-refractivity contribution in [2.75, 3.05) is 29.2 Å². The minimum atomic E-state index is -3.42. The maximum absolute atomic E-state index is 11.4. The Labute approximate surface area is 147 Å². The van der Waals surface area contributed by atoms with Crippen molar-refractivity contribution in [3.8, 4) is 5.75 Å². The van der Waals surface area contributed by atoms with Crippen LogP contribution in [0.15, 0.2) is 23.4 Å². The maximum Gasteiger partial charge on any atom is 0.368 e. The lowest BCUT2D eigenvalue weighted by Crippen LogP contribution is -2.09. The summed E-state index contributed by atoms with van der Waals surface area (Å²) >= 11 is 1.45. The maximum atomic E-state index is 11.4. The van der Waals surface area contributed by atoms with Crippen molar-refractivity contribution >= 4 is 44.8 Å². The second-order valence-corrected chi connectivity index (χ2v) is 8.05. The molecule has 0 radical (unpaired) electrons. The van der Waals surface area contributed by atoms with Gasteiger partial charge in [0.15, 0.2) is 0 Å². The van der Waals surface area contributed by atoms with Crippen molar-refractivity contribution in [1.29, 1.82) is 0 Å². The summed E-state index contributed by atoms with van der Waals surface area (Å²) in [4.78, 5) is 15.2. The zero-order chi connectivity index (χ0) is 18.2. The number of ether oxygens (including phenoxy) is 1. The summed E-state index contributed by atoms with van der Waals surface area (Å²) in [5, 5.41) is 14.9. The highest BCUT2D eigenvalue weighted by Gasteiger charge is 2.31. The number of nitrogens with one attached hydrogen (secondary N) is 2. The van der Waals surface area contributed by atoms with E-state index in [-0.39, 0.29) is 11.6 Å². The van der Waals surface area contributed by atoms with E-state index in [9.17, 15) is 18.5 Å². The summed E-state index contributed by atoms with van der Waals surface area (Å²) in [5.41, 5.74) is 0.758. The van der Waals surface area contributed by atoms with Crippen molar-refractivity contribution in [2.45, 2.75) is 11.7 Å². The van der Waals surface area contributed by atoms with E-state index in [4.69, 9.17) is 4.74 Å². The molecule has 0 amide bonds. The number of thioether (sulfide) groups is 1. The van der Waals surface area contributed by atoms with Crippen LogP contribution in [0.3, 0.4) is 0 Å². The Morgan fingerprint density at radius 1 is 1.44 bits per heavy atom. The molecule has 10 nitrogen and oxygen atoms in total.